The maximum absolute atomic E-state index is 11.7. The normalized spacial score (nSPS) is 10.4. The highest BCUT2D eigenvalue weighted by atomic mass is 16.1. The van der Waals surface area contributed by atoms with Crippen LogP contribution in [0.3, 0.4) is 0 Å². The van der Waals surface area contributed by atoms with Crippen molar-refractivity contribution in [2.24, 2.45) is 5.41 Å². The molecule has 0 atom stereocenters. The Labute approximate surface area is 80.8 Å². The molecule has 1 rings (SSSR count). The van der Waals surface area contributed by atoms with Crippen LogP contribution in [0.1, 0.15) is 38.6 Å². The van der Waals surface area contributed by atoms with Crippen LogP contribution in [0.25, 0.3) is 0 Å². The summed E-state index contributed by atoms with van der Waals surface area (Å²) in [6.45, 7) is 5.80. The Morgan fingerprint density at radius 3 is 1.92 bits per heavy atom. The third-order valence-corrected chi connectivity index (χ3v) is 1.72. The molecule has 0 saturated carbocycles. The standard InChI is InChI=1S/C11H14O.CH4/c1-11(2,3)10(12)9-7-5-4-6-8-9;/h4-8H,1-3H3;1H4. The van der Waals surface area contributed by atoms with Gasteiger partial charge in [-0.3, -0.25) is 4.79 Å². The molecule has 0 aliphatic heterocycles. The van der Waals surface area contributed by atoms with Crippen molar-refractivity contribution in [3.63, 3.8) is 0 Å². The molecule has 1 aromatic carbocycles. The minimum atomic E-state index is -0.276. The Bertz CT molecular complexity index is 267. The molecule has 1 heteroatoms. The highest BCUT2D eigenvalue weighted by Crippen LogP contribution is 2.19. The fraction of sp³-hybridized carbons (Fsp3) is 0.417. The summed E-state index contributed by atoms with van der Waals surface area (Å²) in [4.78, 5) is 11.7. The molecule has 13 heavy (non-hydrogen) atoms. The van der Waals surface area contributed by atoms with Crippen molar-refractivity contribution < 1.29 is 4.79 Å². The molecule has 0 N–H and O–H groups in total. The summed E-state index contributed by atoms with van der Waals surface area (Å²) in [5.74, 6) is 0.197. The van der Waals surface area contributed by atoms with E-state index in [0.717, 1.165) is 5.56 Å². The van der Waals surface area contributed by atoms with Crippen molar-refractivity contribution in [1.29, 1.82) is 0 Å². The highest BCUT2D eigenvalue weighted by molar-refractivity contribution is 5.99. The quantitative estimate of drug-likeness (QED) is 0.601. The summed E-state index contributed by atoms with van der Waals surface area (Å²) in [7, 11) is 0. The molecule has 0 aromatic heterocycles. The molecule has 0 heterocycles. The van der Waals surface area contributed by atoms with E-state index in [-0.39, 0.29) is 18.6 Å². The molecule has 72 valence electrons. The van der Waals surface area contributed by atoms with Gasteiger partial charge in [-0.05, 0) is 0 Å². The van der Waals surface area contributed by atoms with Gasteiger partial charge in [0.15, 0.2) is 5.78 Å². The molecule has 0 radical (unpaired) electrons. The zero-order valence-corrected chi connectivity index (χ0v) is 7.79. The number of hydrogen-bond acceptors (Lipinski definition) is 1. The predicted molar refractivity (Wildman–Crippen MR) is 57.0 cm³/mol. The van der Waals surface area contributed by atoms with E-state index in [1.54, 1.807) is 0 Å². The van der Waals surface area contributed by atoms with Crippen molar-refractivity contribution >= 4 is 5.78 Å². The summed E-state index contributed by atoms with van der Waals surface area (Å²) in [6.07, 6.45) is 0. The monoisotopic (exact) mass is 178 g/mol. The smallest absolute Gasteiger partial charge is 0.168 e. The summed E-state index contributed by atoms with van der Waals surface area (Å²) in [5.41, 5.74) is 0.520. The summed E-state index contributed by atoms with van der Waals surface area (Å²) in [5, 5.41) is 0. The van der Waals surface area contributed by atoms with E-state index in [1.165, 1.54) is 0 Å². The summed E-state index contributed by atoms with van der Waals surface area (Å²) in [6, 6.07) is 9.40. The Kier molecular flexibility index (Phi) is 3.86. The van der Waals surface area contributed by atoms with Crippen LogP contribution in [-0.2, 0) is 0 Å². The Morgan fingerprint density at radius 2 is 1.54 bits per heavy atom. The van der Waals surface area contributed by atoms with Crippen molar-refractivity contribution in [1.82, 2.24) is 0 Å². The van der Waals surface area contributed by atoms with Gasteiger partial charge in [0.2, 0.25) is 0 Å². The largest absolute Gasteiger partial charge is 0.294 e. The van der Waals surface area contributed by atoms with Gasteiger partial charge in [0.05, 0.1) is 0 Å². The van der Waals surface area contributed by atoms with Crippen LogP contribution >= 0.6 is 0 Å². The fourth-order valence-corrected chi connectivity index (χ4v) is 1.02. The van der Waals surface area contributed by atoms with E-state index in [9.17, 15) is 4.79 Å². The fourth-order valence-electron chi connectivity index (χ4n) is 1.02. The van der Waals surface area contributed by atoms with E-state index in [4.69, 9.17) is 0 Å². The van der Waals surface area contributed by atoms with E-state index < -0.39 is 0 Å². The van der Waals surface area contributed by atoms with Gasteiger partial charge in [0, 0.05) is 11.0 Å². The van der Waals surface area contributed by atoms with Gasteiger partial charge in [0.1, 0.15) is 0 Å². The second kappa shape index (κ2) is 4.22. The number of ketones is 1. The van der Waals surface area contributed by atoms with Gasteiger partial charge in [0.25, 0.3) is 0 Å². The second-order valence-electron chi connectivity index (χ2n) is 3.95. The van der Waals surface area contributed by atoms with Crippen LogP contribution in [-0.4, -0.2) is 5.78 Å². The lowest BCUT2D eigenvalue weighted by Gasteiger charge is -2.16. The zero-order valence-electron chi connectivity index (χ0n) is 7.79. The van der Waals surface area contributed by atoms with Crippen molar-refractivity contribution in [2.75, 3.05) is 0 Å². The Balaban J connectivity index is 0.00000144. The molecule has 0 spiro atoms. The molecule has 1 nitrogen and oxygen atoms in total. The number of hydrogen-bond donors (Lipinski definition) is 0. The lowest BCUT2D eigenvalue weighted by Crippen LogP contribution is -2.19. The van der Waals surface area contributed by atoms with Crippen molar-refractivity contribution in [3.8, 4) is 0 Å². The molecule has 0 fully saturated rings. The van der Waals surface area contributed by atoms with Gasteiger partial charge < -0.3 is 0 Å². The van der Waals surface area contributed by atoms with Crippen LogP contribution in [0.2, 0.25) is 0 Å². The lowest BCUT2D eigenvalue weighted by atomic mass is 9.87. The maximum Gasteiger partial charge on any atom is 0.168 e. The molecule has 1 aromatic rings. The van der Waals surface area contributed by atoms with E-state index in [1.807, 2.05) is 51.1 Å². The first-order chi connectivity index (χ1) is 5.52. The van der Waals surface area contributed by atoms with Crippen LogP contribution < -0.4 is 0 Å². The van der Waals surface area contributed by atoms with Crippen molar-refractivity contribution in [2.45, 2.75) is 28.2 Å². The minimum Gasteiger partial charge on any atom is -0.294 e. The number of rotatable bonds is 1. The maximum atomic E-state index is 11.7. The molecule has 0 amide bonds. The van der Waals surface area contributed by atoms with E-state index in [2.05, 4.69) is 0 Å². The van der Waals surface area contributed by atoms with Gasteiger partial charge in [-0.15, -0.1) is 0 Å². The Hall–Kier alpha value is -1.11. The van der Waals surface area contributed by atoms with Gasteiger partial charge >= 0.3 is 0 Å². The van der Waals surface area contributed by atoms with Gasteiger partial charge in [-0.2, -0.15) is 0 Å². The summed E-state index contributed by atoms with van der Waals surface area (Å²) < 4.78 is 0. The Morgan fingerprint density at radius 1 is 1.08 bits per heavy atom. The zero-order chi connectivity index (χ0) is 9.19. The van der Waals surface area contributed by atoms with Gasteiger partial charge in [-0.25, -0.2) is 0 Å². The third-order valence-electron chi connectivity index (χ3n) is 1.72. The van der Waals surface area contributed by atoms with Gasteiger partial charge in [-0.1, -0.05) is 58.5 Å². The van der Waals surface area contributed by atoms with Crippen molar-refractivity contribution in [3.05, 3.63) is 35.9 Å². The molecule has 0 saturated heterocycles. The first-order valence-electron chi connectivity index (χ1n) is 4.11. The predicted octanol–water partition coefficient (Wildman–Crippen LogP) is 3.55. The molecule has 0 unspecified atom stereocenters. The van der Waals surface area contributed by atoms with Crippen LogP contribution in [0.4, 0.5) is 0 Å². The average Bonchev–Trinajstić information content (AvgIpc) is 2.03. The highest BCUT2D eigenvalue weighted by Gasteiger charge is 2.21. The number of carbonyl (C=O) groups excluding carboxylic acids is 1. The first-order valence-corrected chi connectivity index (χ1v) is 4.11. The van der Waals surface area contributed by atoms with E-state index in [0.29, 0.717) is 0 Å². The second-order valence-corrected chi connectivity index (χ2v) is 3.95. The number of Topliss-reactive ketones (excluding diaryl/α,β-unsaturated/α-hetero) is 1. The van der Waals surface area contributed by atoms with Crippen LogP contribution in [0.5, 0.6) is 0 Å². The topological polar surface area (TPSA) is 17.1 Å². The molecular formula is C12H18O. The minimum absolute atomic E-state index is 0. The van der Waals surface area contributed by atoms with Crippen LogP contribution in [0.15, 0.2) is 30.3 Å². The number of benzene rings is 1. The molecule has 0 bridgehead atoms. The third kappa shape index (κ3) is 3.02. The molecule has 0 aliphatic carbocycles. The first kappa shape index (κ1) is 11.9. The summed E-state index contributed by atoms with van der Waals surface area (Å²) >= 11 is 0. The van der Waals surface area contributed by atoms with E-state index >= 15 is 0 Å². The van der Waals surface area contributed by atoms with Crippen LogP contribution in [0, 0.1) is 5.41 Å². The number of carbonyl (C=O) groups is 1. The molecular weight excluding hydrogens is 160 g/mol. The SMILES string of the molecule is C.CC(C)(C)C(=O)c1ccccc1. The molecule has 0 aliphatic rings. The average molecular weight is 178 g/mol. The lowest BCUT2D eigenvalue weighted by molar-refractivity contribution is 0.0858.